The van der Waals surface area contributed by atoms with E-state index in [1.807, 2.05) is 0 Å². The molecule has 0 fully saturated rings. The molecule has 2 N–H and O–H groups in total. The van der Waals surface area contributed by atoms with Crippen molar-refractivity contribution < 1.29 is 0 Å². The second-order valence-corrected chi connectivity index (χ2v) is 6.87. The molecule has 0 radical (unpaired) electrons. The Kier molecular flexibility index (Phi) is 5.09. The fourth-order valence-corrected chi connectivity index (χ4v) is 3.20. The second kappa shape index (κ2) is 6.62. The van der Waals surface area contributed by atoms with Gasteiger partial charge in [-0.15, -0.1) is 0 Å². The zero-order chi connectivity index (χ0) is 14.6. The van der Waals surface area contributed by atoms with E-state index in [0.29, 0.717) is 0 Å². The first-order chi connectivity index (χ1) is 9.57. The Morgan fingerprint density at radius 1 is 1.25 bits per heavy atom. The summed E-state index contributed by atoms with van der Waals surface area (Å²) in [6, 6.07) is 8.89. The molecule has 20 heavy (non-hydrogen) atoms. The number of aryl methyl sites for hydroxylation is 1. The molecule has 1 atom stereocenters. The van der Waals surface area contributed by atoms with Gasteiger partial charge in [-0.2, -0.15) is 0 Å². The van der Waals surface area contributed by atoms with Crippen LogP contribution in [0, 0.1) is 5.92 Å². The maximum atomic E-state index is 6.19. The average Bonchev–Trinajstić information content (AvgIpc) is 2.67. The van der Waals surface area contributed by atoms with E-state index in [2.05, 4.69) is 49.9 Å². The van der Waals surface area contributed by atoms with Gasteiger partial charge in [-0.3, -0.25) is 0 Å². The monoisotopic (exact) mass is 274 g/mol. The van der Waals surface area contributed by atoms with Gasteiger partial charge in [0.05, 0.1) is 0 Å². The minimum absolute atomic E-state index is 0.0880. The van der Waals surface area contributed by atoms with Crippen molar-refractivity contribution in [2.24, 2.45) is 11.7 Å². The highest BCUT2D eigenvalue weighted by Crippen LogP contribution is 2.34. The van der Waals surface area contributed by atoms with E-state index in [9.17, 15) is 0 Å². The van der Waals surface area contributed by atoms with Crippen LogP contribution in [-0.2, 0) is 6.42 Å². The molecule has 2 rings (SSSR count). The molecule has 1 aromatic carbocycles. The van der Waals surface area contributed by atoms with Gasteiger partial charge in [-0.05, 0) is 56.6 Å². The van der Waals surface area contributed by atoms with Gasteiger partial charge in [-0.1, -0.05) is 32.0 Å². The molecule has 0 amide bonds. The Balaban J connectivity index is 2.28. The highest BCUT2D eigenvalue weighted by Gasteiger charge is 2.32. The summed E-state index contributed by atoms with van der Waals surface area (Å²) in [6.07, 6.45) is 6.18. The predicted molar refractivity (Wildman–Crippen MR) is 88.3 cm³/mol. The molecule has 1 aliphatic heterocycles. The van der Waals surface area contributed by atoms with Crippen molar-refractivity contribution in [2.75, 3.05) is 18.0 Å². The molecule has 0 saturated heterocycles. The number of benzene rings is 1. The predicted octanol–water partition coefficient (Wildman–Crippen LogP) is 3.98. The van der Waals surface area contributed by atoms with Crippen molar-refractivity contribution in [1.29, 1.82) is 0 Å². The van der Waals surface area contributed by atoms with E-state index < -0.39 is 0 Å². The SMILES string of the molecule is CC(C)CCC(C)(CN)N1CCCCc2ccccc21. The van der Waals surface area contributed by atoms with Crippen LogP contribution in [0.5, 0.6) is 0 Å². The van der Waals surface area contributed by atoms with E-state index in [1.165, 1.54) is 43.4 Å². The number of rotatable bonds is 5. The third kappa shape index (κ3) is 3.35. The lowest BCUT2D eigenvalue weighted by molar-refractivity contribution is 0.361. The van der Waals surface area contributed by atoms with Gasteiger partial charge in [0.1, 0.15) is 0 Å². The summed E-state index contributed by atoms with van der Waals surface area (Å²) in [5.74, 6) is 0.739. The molecule has 1 aliphatic rings. The molecule has 1 aromatic rings. The summed E-state index contributed by atoms with van der Waals surface area (Å²) in [5.41, 5.74) is 9.19. The van der Waals surface area contributed by atoms with Gasteiger partial charge in [0.15, 0.2) is 0 Å². The second-order valence-electron chi connectivity index (χ2n) is 6.87. The molecular formula is C18H30N2. The van der Waals surface area contributed by atoms with Crippen molar-refractivity contribution in [2.45, 2.75) is 58.4 Å². The fourth-order valence-electron chi connectivity index (χ4n) is 3.20. The molecule has 0 spiro atoms. The van der Waals surface area contributed by atoms with Crippen LogP contribution in [0.3, 0.4) is 0 Å². The quantitative estimate of drug-likeness (QED) is 0.880. The molecule has 0 bridgehead atoms. The van der Waals surface area contributed by atoms with Crippen molar-refractivity contribution in [3.05, 3.63) is 29.8 Å². The summed E-state index contributed by atoms with van der Waals surface area (Å²) in [5, 5.41) is 0. The molecule has 1 heterocycles. The lowest BCUT2D eigenvalue weighted by Gasteiger charge is -2.43. The standard InChI is InChI=1S/C18H30N2/c1-15(2)11-12-18(3,14-19)20-13-7-6-9-16-8-4-5-10-17(16)20/h4-5,8,10,15H,6-7,9,11-14,19H2,1-3H3. The topological polar surface area (TPSA) is 29.3 Å². The first-order valence-electron chi connectivity index (χ1n) is 8.12. The summed E-state index contributed by atoms with van der Waals surface area (Å²) in [7, 11) is 0. The van der Waals surface area contributed by atoms with Gasteiger partial charge in [0, 0.05) is 24.3 Å². The molecule has 2 nitrogen and oxygen atoms in total. The maximum Gasteiger partial charge on any atom is 0.0496 e. The normalized spacial score (nSPS) is 18.6. The third-order valence-corrected chi connectivity index (χ3v) is 4.71. The largest absolute Gasteiger partial charge is 0.365 e. The van der Waals surface area contributed by atoms with Crippen LogP contribution >= 0.6 is 0 Å². The minimum atomic E-state index is 0.0880. The molecule has 0 aliphatic carbocycles. The number of anilines is 1. The van der Waals surface area contributed by atoms with Crippen molar-refractivity contribution in [3.63, 3.8) is 0 Å². The highest BCUT2D eigenvalue weighted by molar-refractivity contribution is 5.56. The summed E-state index contributed by atoms with van der Waals surface area (Å²) in [6.45, 7) is 8.81. The zero-order valence-corrected chi connectivity index (χ0v) is 13.4. The van der Waals surface area contributed by atoms with E-state index in [1.54, 1.807) is 0 Å². The van der Waals surface area contributed by atoms with Crippen LogP contribution in [0.2, 0.25) is 0 Å². The van der Waals surface area contributed by atoms with Gasteiger partial charge < -0.3 is 10.6 Å². The Bertz CT molecular complexity index is 427. The first-order valence-corrected chi connectivity index (χ1v) is 8.12. The fraction of sp³-hybridized carbons (Fsp3) is 0.667. The Morgan fingerprint density at radius 2 is 2.00 bits per heavy atom. The number of nitrogens with zero attached hydrogens (tertiary/aromatic N) is 1. The Hall–Kier alpha value is -1.02. The van der Waals surface area contributed by atoms with Crippen LogP contribution in [0.25, 0.3) is 0 Å². The number of hydrogen-bond donors (Lipinski definition) is 1. The minimum Gasteiger partial charge on any atom is -0.365 e. The number of fused-ring (bicyclic) bond motifs is 1. The van der Waals surface area contributed by atoms with Crippen LogP contribution < -0.4 is 10.6 Å². The Labute approximate surface area is 124 Å². The Morgan fingerprint density at radius 3 is 2.70 bits per heavy atom. The van der Waals surface area contributed by atoms with Crippen molar-refractivity contribution >= 4 is 5.69 Å². The number of para-hydroxylation sites is 1. The maximum absolute atomic E-state index is 6.19. The zero-order valence-electron chi connectivity index (χ0n) is 13.4. The first kappa shape index (κ1) is 15.4. The summed E-state index contributed by atoms with van der Waals surface area (Å²) >= 11 is 0. The molecule has 112 valence electrons. The van der Waals surface area contributed by atoms with Crippen molar-refractivity contribution in [1.82, 2.24) is 0 Å². The van der Waals surface area contributed by atoms with E-state index in [0.717, 1.165) is 19.0 Å². The van der Waals surface area contributed by atoms with E-state index >= 15 is 0 Å². The van der Waals surface area contributed by atoms with E-state index in [-0.39, 0.29) is 5.54 Å². The van der Waals surface area contributed by atoms with Crippen LogP contribution in [0.4, 0.5) is 5.69 Å². The van der Waals surface area contributed by atoms with Gasteiger partial charge in [0.25, 0.3) is 0 Å². The van der Waals surface area contributed by atoms with Crippen LogP contribution in [-0.4, -0.2) is 18.6 Å². The van der Waals surface area contributed by atoms with Crippen LogP contribution in [0.1, 0.15) is 52.0 Å². The van der Waals surface area contributed by atoms with E-state index in [4.69, 9.17) is 5.73 Å². The van der Waals surface area contributed by atoms with Crippen molar-refractivity contribution in [3.8, 4) is 0 Å². The molecule has 0 saturated carbocycles. The lowest BCUT2D eigenvalue weighted by Crippen LogP contribution is -2.52. The summed E-state index contributed by atoms with van der Waals surface area (Å²) < 4.78 is 0. The third-order valence-electron chi connectivity index (χ3n) is 4.71. The average molecular weight is 274 g/mol. The smallest absolute Gasteiger partial charge is 0.0496 e. The van der Waals surface area contributed by atoms with Gasteiger partial charge >= 0.3 is 0 Å². The summed E-state index contributed by atoms with van der Waals surface area (Å²) in [4.78, 5) is 2.59. The number of nitrogens with two attached hydrogens (primary N) is 1. The molecular weight excluding hydrogens is 244 g/mol. The van der Waals surface area contributed by atoms with Gasteiger partial charge in [0.2, 0.25) is 0 Å². The lowest BCUT2D eigenvalue weighted by atomic mass is 9.89. The molecule has 2 heteroatoms. The molecule has 0 aromatic heterocycles. The van der Waals surface area contributed by atoms with Gasteiger partial charge in [-0.25, -0.2) is 0 Å². The van der Waals surface area contributed by atoms with Crippen LogP contribution in [0.15, 0.2) is 24.3 Å². The molecule has 1 unspecified atom stereocenters. The highest BCUT2D eigenvalue weighted by atomic mass is 15.2. The number of hydrogen-bond acceptors (Lipinski definition) is 2.